The number of aliphatic carboxylic acids is 1. The quantitative estimate of drug-likeness (QED) is 0.718. The van der Waals surface area contributed by atoms with Crippen LogP contribution in [0.25, 0.3) is 0 Å². The molecular weight excluding hydrogens is 260 g/mol. The number of nitrogens with zero attached hydrogens (tertiary/aromatic N) is 2. The van der Waals surface area contributed by atoms with E-state index in [0.717, 1.165) is 0 Å². The highest BCUT2D eigenvalue weighted by Gasteiger charge is 2.24. The molecule has 1 aromatic heterocycles. The Bertz CT molecular complexity index is 476. The number of hydrogen-bond acceptors (Lipinski definition) is 4. The molecule has 1 unspecified atom stereocenters. The molecule has 1 atom stereocenters. The molecule has 1 amide bonds. The molecule has 0 aromatic carbocycles. The summed E-state index contributed by atoms with van der Waals surface area (Å²) in [4.78, 5) is 22.7. The van der Waals surface area contributed by atoms with Crippen molar-refractivity contribution in [1.29, 1.82) is 0 Å². The third-order valence-corrected chi connectivity index (χ3v) is 2.71. The first-order chi connectivity index (χ1) is 9.21. The van der Waals surface area contributed by atoms with Crippen molar-refractivity contribution in [3.63, 3.8) is 0 Å². The van der Waals surface area contributed by atoms with Crippen LogP contribution >= 0.6 is 0 Å². The third kappa shape index (κ3) is 5.40. The summed E-state index contributed by atoms with van der Waals surface area (Å²) in [6, 6.07) is 0. The van der Waals surface area contributed by atoms with Crippen molar-refractivity contribution in [1.82, 2.24) is 9.78 Å². The molecule has 0 radical (unpaired) electrons. The van der Waals surface area contributed by atoms with Gasteiger partial charge < -0.3 is 16.2 Å². The number of hydrogen-bond donors (Lipinski definition) is 3. The lowest BCUT2D eigenvalue weighted by atomic mass is 9.84. The molecule has 1 heterocycles. The van der Waals surface area contributed by atoms with Crippen molar-refractivity contribution in [3.05, 3.63) is 12.4 Å². The van der Waals surface area contributed by atoms with Gasteiger partial charge in [-0.05, 0) is 11.8 Å². The molecule has 7 nitrogen and oxygen atoms in total. The third-order valence-electron chi connectivity index (χ3n) is 2.71. The van der Waals surface area contributed by atoms with Gasteiger partial charge in [0.1, 0.15) is 6.54 Å². The minimum absolute atomic E-state index is 0.00880. The molecule has 0 saturated carbocycles. The Labute approximate surface area is 118 Å². The summed E-state index contributed by atoms with van der Waals surface area (Å²) in [6.45, 7) is 6.18. The van der Waals surface area contributed by atoms with Gasteiger partial charge in [0.05, 0.1) is 17.8 Å². The van der Waals surface area contributed by atoms with Gasteiger partial charge in [-0.15, -0.1) is 0 Å². The lowest BCUT2D eigenvalue weighted by Crippen LogP contribution is -2.32. The van der Waals surface area contributed by atoms with E-state index in [9.17, 15) is 9.59 Å². The summed E-state index contributed by atoms with van der Waals surface area (Å²) >= 11 is 0. The fraction of sp³-hybridized carbons (Fsp3) is 0.615. The van der Waals surface area contributed by atoms with Gasteiger partial charge in [0.2, 0.25) is 5.91 Å². The topological polar surface area (TPSA) is 110 Å². The van der Waals surface area contributed by atoms with Crippen LogP contribution in [0.4, 0.5) is 5.69 Å². The second-order valence-corrected chi connectivity index (χ2v) is 6.01. The molecule has 4 N–H and O–H groups in total. The largest absolute Gasteiger partial charge is 0.480 e. The first-order valence-electron chi connectivity index (χ1n) is 6.46. The molecule has 1 rings (SSSR count). The normalized spacial score (nSPS) is 13.0. The second-order valence-electron chi connectivity index (χ2n) is 6.01. The minimum Gasteiger partial charge on any atom is -0.480 e. The number of anilines is 1. The van der Waals surface area contributed by atoms with E-state index < -0.39 is 5.97 Å². The summed E-state index contributed by atoms with van der Waals surface area (Å²) in [5.41, 5.74) is 6.13. The molecule has 0 aliphatic rings. The summed E-state index contributed by atoms with van der Waals surface area (Å²) in [7, 11) is 0. The van der Waals surface area contributed by atoms with Gasteiger partial charge in [-0.25, -0.2) is 0 Å². The Morgan fingerprint density at radius 2 is 2.15 bits per heavy atom. The molecule has 20 heavy (non-hydrogen) atoms. The molecule has 0 saturated heterocycles. The lowest BCUT2D eigenvalue weighted by Gasteiger charge is -2.24. The Morgan fingerprint density at radius 3 is 2.65 bits per heavy atom. The van der Waals surface area contributed by atoms with Crippen molar-refractivity contribution in [2.75, 3.05) is 11.9 Å². The number of carboxylic acids is 1. The molecule has 0 aliphatic carbocycles. The summed E-state index contributed by atoms with van der Waals surface area (Å²) in [5, 5.41) is 15.2. The van der Waals surface area contributed by atoms with E-state index in [1.54, 1.807) is 0 Å². The SMILES string of the molecule is CC(C)(C)CC(CN)C(=O)Nc1cnn(CC(=O)O)c1. The zero-order valence-corrected chi connectivity index (χ0v) is 12.1. The average molecular weight is 282 g/mol. The van der Waals surface area contributed by atoms with Crippen molar-refractivity contribution in [3.8, 4) is 0 Å². The van der Waals surface area contributed by atoms with Crippen LogP contribution in [0.5, 0.6) is 0 Å². The Balaban J connectivity index is 2.64. The highest BCUT2D eigenvalue weighted by atomic mass is 16.4. The van der Waals surface area contributed by atoms with Crippen LogP contribution < -0.4 is 11.1 Å². The number of nitrogens with two attached hydrogens (primary N) is 1. The van der Waals surface area contributed by atoms with Gasteiger partial charge in [-0.2, -0.15) is 5.10 Å². The van der Waals surface area contributed by atoms with Crippen LogP contribution in [-0.2, 0) is 16.1 Å². The Hall–Kier alpha value is -1.89. The number of carboxylic acid groups (broad SMARTS) is 1. The van der Waals surface area contributed by atoms with Gasteiger partial charge in [-0.3, -0.25) is 14.3 Å². The highest BCUT2D eigenvalue weighted by Crippen LogP contribution is 2.24. The highest BCUT2D eigenvalue weighted by molar-refractivity contribution is 5.92. The van der Waals surface area contributed by atoms with E-state index in [1.165, 1.54) is 17.1 Å². The van der Waals surface area contributed by atoms with Crippen molar-refractivity contribution in [2.45, 2.75) is 33.7 Å². The van der Waals surface area contributed by atoms with Gasteiger partial charge in [0.25, 0.3) is 0 Å². The number of carbonyl (C=O) groups is 2. The van der Waals surface area contributed by atoms with Crippen LogP contribution in [0.2, 0.25) is 0 Å². The van der Waals surface area contributed by atoms with Crippen LogP contribution in [0.15, 0.2) is 12.4 Å². The minimum atomic E-state index is -0.987. The molecule has 7 heteroatoms. The zero-order chi connectivity index (χ0) is 15.3. The molecular formula is C13H22N4O3. The monoisotopic (exact) mass is 282 g/mol. The maximum atomic E-state index is 12.1. The second kappa shape index (κ2) is 6.51. The number of amides is 1. The lowest BCUT2D eigenvalue weighted by molar-refractivity contribution is -0.137. The average Bonchev–Trinajstić information content (AvgIpc) is 2.71. The zero-order valence-electron chi connectivity index (χ0n) is 12.1. The smallest absolute Gasteiger partial charge is 0.325 e. The number of nitrogens with one attached hydrogen (secondary N) is 1. The van der Waals surface area contributed by atoms with Crippen LogP contribution in [0.3, 0.4) is 0 Å². The predicted molar refractivity (Wildman–Crippen MR) is 75.1 cm³/mol. The van der Waals surface area contributed by atoms with E-state index in [1.807, 2.05) is 20.8 Å². The van der Waals surface area contributed by atoms with Gasteiger partial charge in [0, 0.05) is 12.7 Å². The fourth-order valence-electron chi connectivity index (χ4n) is 1.92. The van der Waals surface area contributed by atoms with Crippen LogP contribution in [0, 0.1) is 11.3 Å². The first-order valence-corrected chi connectivity index (χ1v) is 6.46. The summed E-state index contributed by atoms with van der Waals surface area (Å²) in [5.74, 6) is -1.44. The molecule has 0 fully saturated rings. The fourth-order valence-corrected chi connectivity index (χ4v) is 1.92. The Kier molecular flexibility index (Phi) is 5.26. The number of aromatic nitrogens is 2. The van der Waals surface area contributed by atoms with Crippen molar-refractivity contribution >= 4 is 17.6 Å². The van der Waals surface area contributed by atoms with Gasteiger partial charge >= 0.3 is 5.97 Å². The standard InChI is InChI=1S/C13H22N4O3/c1-13(2,3)4-9(5-14)12(20)16-10-6-15-17(7-10)8-11(18)19/h6-7,9H,4-5,8,14H2,1-3H3,(H,16,20)(H,18,19). The van der Waals surface area contributed by atoms with E-state index in [-0.39, 0.29) is 30.3 Å². The van der Waals surface area contributed by atoms with Crippen molar-refractivity contribution in [2.24, 2.45) is 17.1 Å². The van der Waals surface area contributed by atoms with Crippen molar-refractivity contribution < 1.29 is 14.7 Å². The molecule has 1 aromatic rings. The van der Waals surface area contributed by atoms with Crippen LogP contribution in [-0.4, -0.2) is 33.3 Å². The van der Waals surface area contributed by atoms with Gasteiger partial charge in [-0.1, -0.05) is 20.8 Å². The van der Waals surface area contributed by atoms with E-state index in [2.05, 4.69) is 10.4 Å². The summed E-state index contributed by atoms with van der Waals surface area (Å²) < 4.78 is 1.25. The molecule has 112 valence electrons. The molecule has 0 aliphatic heterocycles. The Morgan fingerprint density at radius 1 is 1.50 bits per heavy atom. The predicted octanol–water partition coefficient (Wildman–Crippen LogP) is 0.917. The number of carbonyl (C=O) groups excluding carboxylic acids is 1. The maximum absolute atomic E-state index is 12.1. The first kappa shape index (κ1) is 16.2. The molecule has 0 bridgehead atoms. The van der Waals surface area contributed by atoms with Crippen LogP contribution in [0.1, 0.15) is 27.2 Å². The van der Waals surface area contributed by atoms with E-state index in [0.29, 0.717) is 12.1 Å². The maximum Gasteiger partial charge on any atom is 0.325 e. The van der Waals surface area contributed by atoms with Gasteiger partial charge in [0.15, 0.2) is 0 Å². The van der Waals surface area contributed by atoms with E-state index >= 15 is 0 Å². The summed E-state index contributed by atoms with van der Waals surface area (Å²) in [6.07, 6.45) is 3.58. The van der Waals surface area contributed by atoms with E-state index in [4.69, 9.17) is 10.8 Å². The number of rotatable bonds is 6. The molecule has 0 spiro atoms.